The fraction of sp³-hybridized carbons (Fsp3) is 0.391. The molecular weight excluding hydrogens is 364 g/mol. The molecule has 2 aromatic rings. The third-order valence-electron chi connectivity index (χ3n) is 5.70. The van der Waals surface area contributed by atoms with Gasteiger partial charge in [-0.25, -0.2) is 0 Å². The lowest BCUT2D eigenvalue weighted by Crippen LogP contribution is -2.50. The van der Waals surface area contributed by atoms with E-state index >= 15 is 0 Å². The van der Waals surface area contributed by atoms with Crippen LogP contribution in [0.2, 0.25) is 0 Å². The molecule has 2 aliphatic rings. The summed E-state index contributed by atoms with van der Waals surface area (Å²) in [6.07, 6.45) is 0.919. The SMILES string of the molecule is CN=C(NCC(=O)N1CCc2ccccc21)N1CCOC(c2ccccc2C)C1. The number of carbonyl (C=O) groups excluding carboxylic acids is 1. The molecule has 1 N–H and O–H groups in total. The van der Waals surface area contributed by atoms with Crippen molar-refractivity contribution in [2.75, 3.05) is 44.7 Å². The monoisotopic (exact) mass is 392 g/mol. The molecular formula is C23H28N4O2. The van der Waals surface area contributed by atoms with E-state index in [9.17, 15) is 4.79 Å². The Balaban J connectivity index is 1.38. The highest BCUT2D eigenvalue weighted by molar-refractivity contribution is 5.98. The van der Waals surface area contributed by atoms with Crippen LogP contribution in [0.3, 0.4) is 0 Å². The minimum absolute atomic E-state index is 0.00432. The fourth-order valence-electron chi connectivity index (χ4n) is 4.16. The first-order chi connectivity index (χ1) is 14.2. The van der Waals surface area contributed by atoms with E-state index in [1.165, 1.54) is 16.7 Å². The Kier molecular flexibility index (Phi) is 5.81. The number of nitrogens with zero attached hydrogens (tertiary/aromatic N) is 3. The number of rotatable bonds is 3. The van der Waals surface area contributed by atoms with Crippen molar-refractivity contribution < 1.29 is 9.53 Å². The van der Waals surface area contributed by atoms with Gasteiger partial charge in [-0.3, -0.25) is 9.79 Å². The van der Waals surface area contributed by atoms with Gasteiger partial charge >= 0.3 is 0 Å². The number of hydrogen-bond donors (Lipinski definition) is 1. The van der Waals surface area contributed by atoms with Gasteiger partial charge in [-0.2, -0.15) is 0 Å². The van der Waals surface area contributed by atoms with E-state index in [1.54, 1.807) is 7.05 Å². The van der Waals surface area contributed by atoms with E-state index in [2.05, 4.69) is 40.3 Å². The molecule has 152 valence electrons. The first-order valence-electron chi connectivity index (χ1n) is 10.2. The number of para-hydroxylation sites is 1. The van der Waals surface area contributed by atoms with Gasteiger partial charge < -0.3 is 19.9 Å². The molecule has 0 aromatic heterocycles. The Bertz CT molecular complexity index is 911. The number of morpholine rings is 1. The highest BCUT2D eigenvalue weighted by Gasteiger charge is 2.27. The normalized spacial score (nSPS) is 19.2. The van der Waals surface area contributed by atoms with E-state index in [-0.39, 0.29) is 18.6 Å². The van der Waals surface area contributed by atoms with Crippen LogP contribution >= 0.6 is 0 Å². The quantitative estimate of drug-likeness (QED) is 0.644. The summed E-state index contributed by atoms with van der Waals surface area (Å²) in [4.78, 5) is 21.3. The summed E-state index contributed by atoms with van der Waals surface area (Å²) in [6.45, 7) is 5.18. The number of nitrogens with one attached hydrogen (secondary N) is 1. The molecule has 2 aromatic carbocycles. The molecule has 2 aliphatic heterocycles. The molecule has 1 amide bonds. The zero-order chi connectivity index (χ0) is 20.2. The molecule has 0 saturated carbocycles. The van der Waals surface area contributed by atoms with Gasteiger partial charge in [0, 0.05) is 25.8 Å². The van der Waals surface area contributed by atoms with Crippen molar-refractivity contribution in [1.29, 1.82) is 0 Å². The molecule has 6 nitrogen and oxygen atoms in total. The zero-order valence-corrected chi connectivity index (χ0v) is 17.1. The van der Waals surface area contributed by atoms with E-state index in [0.29, 0.717) is 13.2 Å². The Morgan fingerprint density at radius 2 is 1.97 bits per heavy atom. The van der Waals surface area contributed by atoms with Crippen LogP contribution in [-0.4, -0.2) is 56.6 Å². The number of fused-ring (bicyclic) bond motifs is 1. The molecule has 0 aliphatic carbocycles. The van der Waals surface area contributed by atoms with Crippen LogP contribution in [0.4, 0.5) is 5.69 Å². The Morgan fingerprint density at radius 3 is 2.79 bits per heavy atom. The van der Waals surface area contributed by atoms with E-state index < -0.39 is 0 Å². The van der Waals surface area contributed by atoms with Crippen LogP contribution < -0.4 is 10.2 Å². The van der Waals surface area contributed by atoms with Crippen LogP contribution in [0.15, 0.2) is 53.5 Å². The maximum absolute atomic E-state index is 12.8. The topological polar surface area (TPSA) is 57.2 Å². The van der Waals surface area contributed by atoms with Crippen LogP contribution in [0.1, 0.15) is 22.8 Å². The number of amides is 1. The second-order valence-corrected chi connectivity index (χ2v) is 7.49. The van der Waals surface area contributed by atoms with Crippen LogP contribution in [0, 0.1) is 6.92 Å². The summed E-state index contributed by atoms with van der Waals surface area (Å²) in [5.41, 5.74) is 4.70. The molecule has 29 heavy (non-hydrogen) atoms. The number of anilines is 1. The molecule has 1 atom stereocenters. The predicted molar refractivity (Wildman–Crippen MR) is 115 cm³/mol. The minimum Gasteiger partial charge on any atom is -0.370 e. The number of hydrogen-bond acceptors (Lipinski definition) is 3. The largest absolute Gasteiger partial charge is 0.370 e. The van der Waals surface area contributed by atoms with Gasteiger partial charge in [-0.05, 0) is 36.1 Å². The molecule has 2 heterocycles. The van der Waals surface area contributed by atoms with E-state index in [1.807, 2.05) is 35.2 Å². The van der Waals surface area contributed by atoms with Crippen molar-refractivity contribution in [2.45, 2.75) is 19.4 Å². The fourth-order valence-corrected chi connectivity index (χ4v) is 4.16. The lowest BCUT2D eigenvalue weighted by molar-refractivity contribution is -0.117. The number of carbonyl (C=O) groups is 1. The van der Waals surface area contributed by atoms with Gasteiger partial charge in [-0.15, -0.1) is 0 Å². The van der Waals surface area contributed by atoms with Gasteiger partial charge in [0.1, 0.15) is 6.10 Å². The number of benzene rings is 2. The van der Waals surface area contributed by atoms with E-state index in [4.69, 9.17) is 4.74 Å². The first-order valence-corrected chi connectivity index (χ1v) is 10.2. The van der Waals surface area contributed by atoms with Crippen LogP contribution in [0.5, 0.6) is 0 Å². The number of aliphatic imine (C=N–C) groups is 1. The molecule has 1 fully saturated rings. The number of guanidine groups is 1. The third kappa shape index (κ3) is 4.12. The lowest BCUT2D eigenvalue weighted by Gasteiger charge is -2.35. The Hall–Kier alpha value is -2.86. The second-order valence-electron chi connectivity index (χ2n) is 7.49. The summed E-state index contributed by atoms with van der Waals surface area (Å²) in [5.74, 6) is 0.813. The highest BCUT2D eigenvalue weighted by Crippen LogP contribution is 2.27. The summed E-state index contributed by atoms with van der Waals surface area (Å²) < 4.78 is 6.02. The maximum Gasteiger partial charge on any atom is 0.246 e. The van der Waals surface area contributed by atoms with Gasteiger partial charge in [0.15, 0.2) is 5.96 Å². The van der Waals surface area contributed by atoms with Crippen molar-refractivity contribution in [3.05, 3.63) is 65.2 Å². The van der Waals surface area contributed by atoms with Crippen LogP contribution in [0.25, 0.3) is 0 Å². The third-order valence-corrected chi connectivity index (χ3v) is 5.70. The highest BCUT2D eigenvalue weighted by atomic mass is 16.5. The minimum atomic E-state index is 0.00432. The van der Waals surface area contributed by atoms with E-state index in [0.717, 1.165) is 31.2 Å². The smallest absolute Gasteiger partial charge is 0.246 e. The molecule has 6 heteroatoms. The molecule has 0 bridgehead atoms. The molecule has 1 unspecified atom stereocenters. The van der Waals surface area contributed by atoms with Crippen molar-refractivity contribution in [2.24, 2.45) is 4.99 Å². The summed E-state index contributed by atoms with van der Waals surface area (Å²) in [7, 11) is 1.76. The molecule has 4 rings (SSSR count). The number of ether oxygens (including phenoxy) is 1. The standard InChI is InChI=1S/C23H28N4O2/c1-17-7-3-5-9-19(17)21-16-26(13-14-29-21)23(24-2)25-15-22(28)27-12-11-18-8-4-6-10-20(18)27/h3-10,21H,11-16H2,1-2H3,(H,24,25). The van der Waals surface area contributed by atoms with Crippen molar-refractivity contribution in [1.82, 2.24) is 10.2 Å². The van der Waals surface area contributed by atoms with Crippen molar-refractivity contribution >= 4 is 17.6 Å². The zero-order valence-electron chi connectivity index (χ0n) is 17.1. The molecule has 1 saturated heterocycles. The Morgan fingerprint density at radius 1 is 1.17 bits per heavy atom. The van der Waals surface area contributed by atoms with Gasteiger partial charge in [0.2, 0.25) is 5.91 Å². The molecule has 0 spiro atoms. The summed E-state index contributed by atoms with van der Waals surface area (Å²) in [6, 6.07) is 16.4. The summed E-state index contributed by atoms with van der Waals surface area (Å²) in [5, 5.41) is 3.26. The van der Waals surface area contributed by atoms with Gasteiger partial charge in [0.05, 0.1) is 19.7 Å². The first kappa shape index (κ1) is 19.5. The maximum atomic E-state index is 12.8. The van der Waals surface area contributed by atoms with Crippen molar-refractivity contribution in [3.8, 4) is 0 Å². The predicted octanol–water partition coefficient (Wildman–Crippen LogP) is 2.53. The van der Waals surface area contributed by atoms with Gasteiger partial charge in [0.25, 0.3) is 0 Å². The second kappa shape index (κ2) is 8.66. The average Bonchev–Trinajstić information content (AvgIpc) is 3.19. The van der Waals surface area contributed by atoms with Crippen molar-refractivity contribution in [3.63, 3.8) is 0 Å². The van der Waals surface area contributed by atoms with Crippen LogP contribution in [-0.2, 0) is 16.0 Å². The number of aryl methyl sites for hydroxylation is 1. The lowest BCUT2D eigenvalue weighted by atomic mass is 10.0. The average molecular weight is 393 g/mol. The summed E-state index contributed by atoms with van der Waals surface area (Å²) >= 11 is 0. The Labute approximate surface area is 172 Å². The molecule has 0 radical (unpaired) electrons. The van der Waals surface area contributed by atoms with Gasteiger partial charge in [-0.1, -0.05) is 42.5 Å².